The molecule has 1 aliphatic heterocycles. The first-order chi connectivity index (χ1) is 12.4. The quantitative estimate of drug-likeness (QED) is 0.813. The summed E-state index contributed by atoms with van der Waals surface area (Å²) in [5.41, 5.74) is 3.70. The molecule has 1 aromatic rings. The first kappa shape index (κ1) is 18.9. The molecule has 2 aliphatic rings. The highest BCUT2D eigenvalue weighted by Gasteiger charge is 2.42. The molecule has 1 spiro atoms. The number of hydrogen-bond acceptors (Lipinski definition) is 4. The summed E-state index contributed by atoms with van der Waals surface area (Å²) >= 11 is 0. The molecule has 1 saturated carbocycles. The molecule has 0 unspecified atom stereocenters. The second-order valence-electron chi connectivity index (χ2n) is 7.46. The summed E-state index contributed by atoms with van der Waals surface area (Å²) in [5.74, 6) is -1.78. The highest BCUT2D eigenvalue weighted by molar-refractivity contribution is 6.39. The number of amides is 2. The predicted octanol–water partition coefficient (Wildman–Crippen LogP) is 2.74. The molecule has 3 rings (SSSR count). The van der Waals surface area contributed by atoms with Crippen molar-refractivity contribution in [3.8, 4) is 0 Å². The summed E-state index contributed by atoms with van der Waals surface area (Å²) in [7, 11) is 0. The monoisotopic (exact) mass is 360 g/mol. The molecule has 1 aliphatic carbocycles. The van der Waals surface area contributed by atoms with Gasteiger partial charge in [-0.3, -0.25) is 9.59 Å². The van der Waals surface area contributed by atoms with Gasteiger partial charge in [0.15, 0.2) is 5.79 Å². The molecule has 1 aromatic carbocycles. The van der Waals surface area contributed by atoms with Crippen LogP contribution in [0.3, 0.4) is 0 Å². The average molecular weight is 360 g/mol. The normalized spacial score (nSPS) is 21.6. The van der Waals surface area contributed by atoms with Crippen LogP contribution in [0.5, 0.6) is 0 Å². The van der Waals surface area contributed by atoms with E-state index in [-0.39, 0.29) is 12.6 Å². The van der Waals surface area contributed by atoms with Gasteiger partial charge in [0.25, 0.3) is 0 Å². The van der Waals surface area contributed by atoms with Crippen molar-refractivity contribution in [3.05, 3.63) is 28.8 Å². The van der Waals surface area contributed by atoms with Crippen molar-refractivity contribution in [2.45, 2.75) is 64.8 Å². The van der Waals surface area contributed by atoms with Crippen molar-refractivity contribution in [2.24, 2.45) is 0 Å². The number of anilines is 1. The molecule has 142 valence electrons. The van der Waals surface area contributed by atoms with E-state index in [2.05, 4.69) is 10.6 Å². The Morgan fingerprint density at radius 2 is 1.73 bits per heavy atom. The van der Waals surface area contributed by atoms with E-state index in [1.165, 1.54) is 6.42 Å². The van der Waals surface area contributed by atoms with Crippen molar-refractivity contribution in [3.63, 3.8) is 0 Å². The second-order valence-corrected chi connectivity index (χ2v) is 7.46. The zero-order valence-electron chi connectivity index (χ0n) is 15.8. The number of ether oxygens (including phenoxy) is 2. The Kier molecular flexibility index (Phi) is 5.63. The standard InChI is InChI=1S/C20H28N2O4/c1-13-9-14(2)17(15(3)10-13)22-19(24)18(23)21-11-16-12-25-20(26-16)7-5-4-6-8-20/h9-10,16H,4-8,11-12H2,1-3H3,(H,21,23)(H,22,24)/t16-/m0/s1. The van der Waals surface area contributed by atoms with Gasteiger partial charge >= 0.3 is 11.8 Å². The summed E-state index contributed by atoms with van der Waals surface area (Å²) in [6.07, 6.45) is 5.04. The van der Waals surface area contributed by atoms with Crippen LogP contribution in [0.1, 0.15) is 48.8 Å². The number of carbonyl (C=O) groups is 2. The molecule has 0 radical (unpaired) electrons. The minimum absolute atomic E-state index is 0.201. The lowest BCUT2D eigenvalue weighted by Crippen LogP contribution is -2.41. The summed E-state index contributed by atoms with van der Waals surface area (Å²) in [4.78, 5) is 24.3. The molecule has 0 bridgehead atoms. The Morgan fingerprint density at radius 3 is 2.38 bits per heavy atom. The Morgan fingerprint density at radius 1 is 1.08 bits per heavy atom. The minimum atomic E-state index is -0.661. The molecule has 6 heteroatoms. The largest absolute Gasteiger partial charge is 0.347 e. The van der Waals surface area contributed by atoms with Crippen LogP contribution in [0.15, 0.2) is 12.1 Å². The molecular weight excluding hydrogens is 332 g/mol. The van der Waals surface area contributed by atoms with E-state index >= 15 is 0 Å². The van der Waals surface area contributed by atoms with E-state index in [9.17, 15) is 9.59 Å². The van der Waals surface area contributed by atoms with Crippen molar-refractivity contribution in [1.82, 2.24) is 5.32 Å². The molecule has 1 atom stereocenters. The second kappa shape index (κ2) is 7.76. The molecule has 6 nitrogen and oxygen atoms in total. The third kappa shape index (κ3) is 4.24. The van der Waals surface area contributed by atoms with Crippen molar-refractivity contribution in [1.29, 1.82) is 0 Å². The maximum atomic E-state index is 12.2. The Labute approximate surface area is 154 Å². The van der Waals surface area contributed by atoms with Gasteiger partial charge < -0.3 is 20.1 Å². The van der Waals surface area contributed by atoms with E-state index in [1.807, 2.05) is 32.9 Å². The average Bonchev–Trinajstić information content (AvgIpc) is 2.98. The van der Waals surface area contributed by atoms with Crippen molar-refractivity contribution >= 4 is 17.5 Å². The molecule has 2 fully saturated rings. The van der Waals surface area contributed by atoms with Crippen LogP contribution in [0.2, 0.25) is 0 Å². The van der Waals surface area contributed by atoms with Gasteiger partial charge in [-0.2, -0.15) is 0 Å². The summed E-state index contributed by atoms with van der Waals surface area (Å²) in [6.45, 7) is 6.57. The van der Waals surface area contributed by atoms with E-state index in [1.54, 1.807) is 0 Å². The Hall–Kier alpha value is -1.92. The molecule has 1 saturated heterocycles. The van der Waals surface area contributed by atoms with Crippen LogP contribution in [-0.4, -0.2) is 36.9 Å². The number of benzene rings is 1. The van der Waals surface area contributed by atoms with Gasteiger partial charge in [0.05, 0.1) is 6.61 Å². The lowest BCUT2D eigenvalue weighted by Gasteiger charge is -2.31. The van der Waals surface area contributed by atoms with Gasteiger partial charge in [-0.05, 0) is 44.7 Å². The number of carbonyl (C=O) groups excluding carboxylic acids is 2. The van der Waals surface area contributed by atoms with E-state index in [4.69, 9.17) is 9.47 Å². The van der Waals surface area contributed by atoms with E-state index in [0.29, 0.717) is 12.3 Å². The topological polar surface area (TPSA) is 76.7 Å². The first-order valence-corrected chi connectivity index (χ1v) is 9.37. The molecule has 26 heavy (non-hydrogen) atoms. The Bertz CT molecular complexity index is 672. The summed E-state index contributed by atoms with van der Waals surface area (Å²) in [6, 6.07) is 3.96. The third-order valence-electron chi connectivity index (χ3n) is 5.14. The predicted molar refractivity (Wildman–Crippen MR) is 98.9 cm³/mol. The maximum Gasteiger partial charge on any atom is 0.313 e. The van der Waals surface area contributed by atoms with Gasteiger partial charge in [0.2, 0.25) is 0 Å². The molecule has 0 aromatic heterocycles. The van der Waals surface area contributed by atoms with Gasteiger partial charge in [-0.25, -0.2) is 0 Å². The van der Waals surface area contributed by atoms with Gasteiger partial charge in [-0.15, -0.1) is 0 Å². The van der Waals surface area contributed by atoms with Gasteiger partial charge in [-0.1, -0.05) is 24.1 Å². The zero-order valence-corrected chi connectivity index (χ0v) is 15.8. The number of rotatable bonds is 3. The first-order valence-electron chi connectivity index (χ1n) is 9.37. The molecular formula is C20H28N2O4. The molecule has 1 heterocycles. The number of aryl methyl sites for hydroxylation is 3. The van der Waals surface area contributed by atoms with Gasteiger partial charge in [0.1, 0.15) is 6.10 Å². The summed E-state index contributed by atoms with van der Waals surface area (Å²) < 4.78 is 11.9. The van der Waals surface area contributed by atoms with Crippen LogP contribution >= 0.6 is 0 Å². The Balaban J connectivity index is 1.50. The fourth-order valence-electron chi connectivity index (χ4n) is 3.90. The van der Waals surface area contributed by atoms with Crippen LogP contribution < -0.4 is 10.6 Å². The maximum absolute atomic E-state index is 12.2. The SMILES string of the molecule is Cc1cc(C)c(NC(=O)C(=O)NC[C@H]2COC3(CCCCC3)O2)c(C)c1. The number of nitrogens with one attached hydrogen (secondary N) is 2. The lowest BCUT2D eigenvalue weighted by molar-refractivity contribution is -0.186. The van der Waals surface area contributed by atoms with Gasteiger partial charge in [0, 0.05) is 25.1 Å². The minimum Gasteiger partial charge on any atom is -0.347 e. The van der Waals surface area contributed by atoms with E-state index in [0.717, 1.165) is 42.4 Å². The van der Waals surface area contributed by atoms with Crippen LogP contribution in [-0.2, 0) is 19.1 Å². The zero-order chi connectivity index (χ0) is 18.7. The van der Waals surface area contributed by atoms with Crippen molar-refractivity contribution in [2.75, 3.05) is 18.5 Å². The number of hydrogen-bond donors (Lipinski definition) is 2. The lowest BCUT2D eigenvalue weighted by atomic mass is 9.94. The van der Waals surface area contributed by atoms with Crippen molar-refractivity contribution < 1.29 is 19.1 Å². The van der Waals surface area contributed by atoms with Crippen LogP contribution in [0.4, 0.5) is 5.69 Å². The molecule has 2 amide bonds. The van der Waals surface area contributed by atoms with Crippen LogP contribution in [0.25, 0.3) is 0 Å². The fraction of sp³-hybridized carbons (Fsp3) is 0.600. The summed E-state index contributed by atoms with van der Waals surface area (Å²) in [5, 5.41) is 5.38. The van der Waals surface area contributed by atoms with Crippen LogP contribution in [0, 0.1) is 20.8 Å². The molecule has 2 N–H and O–H groups in total. The smallest absolute Gasteiger partial charge is 0.313 e. The fourth-order valence-corrected chi connectivity index (χ4v) is 3.90. The van der Waals surface area contributed by atoms with E-state index < -0.39 is 17.6 Å². The highest BCUT2D eigenvalue weighted by atomic mass is 16.7. The highest BCUT2D eigenvalue weighted by Crippen LogP contribution is 2.37. The third-order valence-corrected chi connectivity index (χ3v) is 5.14.